The average molecular weight is 368 g/mol. The smallest absolute Gasteiger partial charge is 0.390 e. The van der Waals surface area contributed by atoms with Gasteiger partial charge in [-0.25, -0.2) is 4.98 Å². The van der Waals surface area contributed by atoms with E-state index in [0.717, 1.165) is 29.0 Å². The molecule has 2 aromatic heterocycles. The van der Waals surface area contributed by atoms with Crippen LogP contribution in [-0.4, -0.2) is 14.5 Å². The van der Waals surface area contributed by atoms with Gasteiger partial charge in [-0.15, -0.1) is 0 Å². The molecule has 0 radical (unpaired) electrons. The molecular weight excluding hydrogens is 353 g/mol. The van der Waals surface area contributed by atoms with Gasteiger partial charge in [-0.2, -0.15) is 13.2 Å². The number of pyridine rings is 1. The molecule has 0 atom stereocenters. The summed E-state index contributed by atoms with van der Waals surface area (Å²) < 4.78 is 40.3. The number of aromatic nitrogens is 2. The molecule has 0 fully saturated rings. The second-order valence-electron chi connectivity index (χ2n) is 6.15. The fraction of sp³-hybridized carbons (Fsp3) is 0.0952. The summed E-state index contributed by atoms with van der Waals surface area (Å²) in [5.41, 5.74) is 3.18. The number of hydrogen-bond donors (Lipinski definition) is 1. The summed E-state index contributed by atoms with van der Waals surface area (Å²) in [5, 5.41) is 9.75. The van der Waals surface area contributed by atoms with Crippen LogP contribution in [0.15, 0.2) is 72.9 Å². The number of rotatable bonds is 3. The van der Waals surface area contributed by atoms with Gasteiger partial charge < -0.3 is 9.51 Å². The van der Waals surface area contributed by atoms with Gasteiger partial charge in [-0.3, -0.25) is 0 Å². The number of halogens is 3. The Kier molecular flexibility index (Phi) is 4.20. The number of benzene rings is 2. The van der Waals surface area contributed by atoms with Gasteiger partial charge in [-0.1, -0.05) is 54.6 Å². The minimum absolute atomic E-state index is 0.323. The molecule has 2 heterocycles. The van der Waals surface area contributed by atoms with E-state index in [-0.39, 0.29) is 0 Å². The highest BCUT2D eigenvalue weighted by Crippen LogP contribution is 2.32. The fourth-order valence-corrected chi connectivity index (χ4v) is 3.09. The fourth-order valence-electron chi connectivity index (χ4n) is 3.09. The van der Waals surface area contributed by atoms with Crippen LogP contribution in [0.25, 0.3) is 28.0 Å². The molecule has 27 heavy (non-hydrogen) atoms. The van der Waals surface area contributed by atoms with Crippen LogP contribution in [0.3, 0.4) is 0 Å². The van der Waals surface area contributed by atoms with Crippen LogP contribution < -0.4 is 0 Å². The van der Waals surface area contributed by atoms with Crippen LogP contribution >= 0.6 is 0 Å². The lowest BCUT2D eigenvalue weighted by Crippen LogP contribution is -2.07. The number of nitrogens with zero attached hydrogens (tertiary/aromatic N) is 2. The number of imidazole rings is 1. The molecule has 0 aliphatic heterocycles. The van der Waals surface area contributed by atoms with Crippen molar-refractivity contribution in [3.8, 4) is 22.4 Å². The molecule has 4 aromatic rings. The summed E-state index contributed by atoms with van der Waals surface area (Å²) in [6, 6.07) is 19.7. The van der Waals surface area contributed by atoms with Crippen LogP contribution in [0.4, 0.5) is 13.2 Å². The lowest BCUT2D eigenvalue weighted by Gasteiger charge is -2.08. The van der Waals surface area contributed by atoms with E-state index in [1.807, 2.05) is 54.6 Å². The molecule has 0 unspecified atom stereocenters. The summed E-state index contributed by atoms with van der Waals surface area (Å²) in [6.07, 6.45) is -3.49. The van der Waals surface area contributed by atoms with E-state index >= 15 is 0 Å². The van der Waals surface area contributed by atoms with E-state index < -0.39 is 18.3 Å². The van der Waals surface area contributed by atoms with Crippen molar-refractivity contribution in [3.63, 3.8) is 0 Å². The first-order valence-corrected chi connectivity index (χ1v) is 8.32. The molecule has 0 saturated carbocycles. The van der Waals surface area contributed by atoms with Crippen molar-refractivity contribution in [3.05, 3.63) is 84.2 Å². The van der Waals surface area contributed by atoms with Gasteiger partial charge in [0.15, 0.2) is 0 Å². The van der Waals surface area contributed by atoms with Crippen LogP contribution in [0.2, 0.25) is 0 Å². The maximum absolute atomic E-state index is 13.0. The van der Waals surface area contributed by atoms with E-state index in [0.29, 0.717) is 17.0 Å². The van der Waals surface area contributed by atoms with Crippen LogP contribution in [0, 0.1) is 0 Å². The average Bonchev–Trinajstić information content (AvgIpc) is 3.06. The Morgan fingerprint density at radius 2 is 1.44 bits per heavy atom. The highest BCUT2D eigenvalue weighted by atomic mass is 19.4. The molecular formula is C21H15F3N2O. The van der Waals surface area contributed by atoms with Gasteiger partial charge in [0.2, 0.25) is 0 Å². The van der Waals surface area contributed by atoms with Gasteiger partial charge in [-0.05, 0) is 23.3 Å². The first kappa shape index (κ1) is 17.3. The van der Waals surface area contributed by atoms with Gasteiger partial charge in [0.25, 0.3) is 0 Å². The first-order valence-electron chi connectivity index (χ1n) is 8.32. The van der Waals surface area contributed by atoms with Gasteiger partial charge in [0, 0.05) is 11.8 Å². The lowest BCUT2D eigenvalue weighted by molar-refractivity contribution is -0.137. The molecule has 0 spiro atoms. The van der Waals surface area contributed by atoms with E-state index in [9.17, 15) is 18.3 Å². The van der Waals surface area contributed by atoms with Gasteiger partial charge in [0.05, 0.1) is 23.6 Å². The molecule has 0 bridgehead atoms. The second-order valence-corrected chi connectivity index (χ2v) is 6.15. The quantitative estimate of drug-likeness (QED) is 0.541. The molecule has 3 nitrogen and oxygen atoms in total. The van der Waals surface area contributed by atoms with Crippen molar-refractivity contribution < 1.29 is 18.3 Å². The van der Waals surface area contributed by atoms with Crippen molar-refractivity contribution in [2.24, 2.45) is 0 Å². The number of aliphatic hydroxyl groups is 1. The second kappa shape index (κ2) is 6.55. The monoisotopic (exact) mass is 368 g/mol. The topological polar surface area (TPSA) is 37.5 Å². The highest BCUT2D eigenvalue weighted by Gasteiger charge is 2.31. The van der Waals surface area contributed by atoms with Crippen molar-refractivity contribution in [1.82, 2.24) is 9.38 Å². The highest BCUT2D eigenvalue weighted by molar-refractivity contribution is 5.71. The van der Waals surface area contributed by atoms with Crippen molar-refractivity contribution in [2.75, 3.05) is 0 Å². The van der Waals surface area contributed by atoms with Crippen molar-refractivity contribution in [2.45, 2.75) is 12.8 Å². The largest absolute Gasteiger partial charge is 0.417 e. The third-order valence-corrected chi connectivity index (χ3v) is 4.46. The molecule has 0 aliphatic rings. The number of fused-ring (bicyclic) bond motifs is 1. The standard InChI is InChI=1S/C21H15F3N2O/c22-21(23,24)17-10-11-19-25-20(18(13-27)26(19)12-17)16-8-6-15(7-9-16)14-4-2-1-3-5-14/h1-12,27H,13H2. The summed E-state index contributed by atoms with van der Waals surface area (Å²) in [4.78, 5) is 4.41. The molecule has 0 amide bonds. The minimum Gasteiger partial charge on any atom is -0.390 e. The molecule has 0 saturated heterocycles. The SMILES string of the molecule is OCc1c(-c2ccc(-c3ccccc3)cc2)nc2ccc(C(F)(F)F)cn12. The molecule has 2 aromatic carbocycles. The number of aliphatic hydroxyl groups excluding tert-OH is 1. The summed E-state index contributed by atoms with van der Waals surface area (Å²) in [6.45, 7) is -0.418. The van der Waals surface area contributed by atoms with Crippen LogP contribution in [-0.2, 0) is 12.8 Å². The predicted octanol–water partition coefficient (Wildman–Crippen LogP) is 5.18. The van der Waals surface area contributed by atoms with Crippen LogP contribution in [0.1, 0.15) is 11.3 Å². The van der Waals surface area contributed by atoms with Crippen LogP contribution in [0.5, 0.6) is 0 Å². The number of hydrogen-bond acceptors (Lipinski definition) is 2. The van der Waals surface area contributed by atoms with E-state index in [1.165, 1.54) is 10.5 Å². The third-order valence-electron chi connectivity index (χ3n) is 4.46. The lowest BCUT2D eigenvalue weighted by atomic mass is 10.0. The third kappa shape index (κ3) is 3.19. The molecule has 136 valence electrons. The van der Waals surface area contributed by atoms with Crippen molar-refractivity contribution in [1.29, 1.82) is 0 Å². The molecule has 1 N–H and O–H groups in total. The normalized spacial score (nSPS) is 11.9. The van der Waals surface area contributed by atoms with E-state index in [1.54, 1.807) is 0 Å². The predicted molar refractivity (Wildman–Crippen MR) is 97.0 cm³/mol. The maximum atomic E-state index is 13.0. The molecule has 6 heteroatoms. The minimum atomic E-state index is -4.46. The molecule has 0 aliphatic carbocycles. The Hall–Kier alpha value is -3.12. The summed E-state index contributed by atoms with van der Waals surface area (Å²) in [7, 11) is 0. The Morgan fingerprint density at radius 1 is 0.815 bits per heavy atom. The summed E-state index contributed by atoms with van der Waals surface area (Å²) in [5.74, 6) is 0. The Bertz CT molecular complexity index is 1080. The zero-order valence-electron chi connectivity index (χ0n) is 14.1. The van der Waals surface area contributed by atoms with E-state index in [4.69, 9.17) is 0 Å². The Balaban J connectivity index is 1.79. The summed E-state index contributed by atoms with van der Waals surface area (Å²) >= 11 is 0. The molecule has 4 rings (SSSR count). The van der Waals surface area contributed by atoms with E-state index in [2.05, 4.69) is 4.98 Å². The maximum Gasteiger partial charge on any atom is 0.417 e. The zero-order valence-corrected chi connectivity index (χ0v) is 14.1. The first-order chi connectivity index (χ1) is 13.0. The Morgan fingerprint density at radius 3 is 2.07 bits per heavy atom. The number of alkyl halides is 3. The van der Waals surface area contributed by atoms with Gasteiger partial charge in [0.1, 0.15) is 5.65 Å². The van der Waals surface area contributed by atoms with Crippen molar-refractivity contribution >= 4 is 5.65 Å². The Labute approximate surface area is 153 Å². The van der Waals surface area contributed by atoms with Gasteiger partial charge >= 0.3 is 6.18 Å². The zero-order chi connectivity index (χ0) is 19.0.